The van der Waals surface area contributed by atoms with Crippen LogP contribution < -0.4 is 10.1 Å². The summed E-state index contributed by atoms with van der Waals surface area (Å²) in [6.45, 7) is 4.23. The number of benzene rings is 1. The van der Waals surface area contributed by atoms with Gasteiger partial charge >= 0.3 is 0 Å². The molecule has 7 nitrogen and oxygen atoms in total. The fraction of sp³-hybridized carbons (Fsp3) is 0.471. The number of hydrogen-bond donors (Lipinski definition) is 1. The molecule has 1 N–H and O–H groups in total. The van der Waals surface area contributed by atoms with Crippen molar-refractivity contribution in [3.8, 4) is 5.75 Å². The number of aromatic nitrogens is 3. The number of thioether (sulfide) groups is 1. The Morgan fingerprint density at radius 3 is 2.73 bits per heavy atom. The van der Waals surface area contributed by atoms with Gasteiger partial charge in [0.1, 0.15) is 6.61 Å². The fourth-order valence-corrected chi connectivity index (χ4v) is 3.39. The fourth-order valence-electron chi connectivity index (χ4n) is 2.36. The van der Waals surface area contributed by atoms with Gasteiger partial charge in [-0.05, 0) is 26.0 Å². The second-order valence-electron chi connectivity index (χ2n) is 5.67. The number of carbonyl (C=O) groups excluding carboxylic acids is 1. The SMILES string of the molecule is CNC(=O)[C@@H](C)Sc1nnc(COc2ccccc2F)n1[C@H](C)COC. The molecule has 1 aromatic heterocycles. The highest BCUT2D eigenvalue weighted by molar-refractivity contribution is 8.00. The van der Waals surface area contributed by atoms with Crippen LogP contribution in [0.15, 0.2) is 29.4 Å². The Morgan fingerprint density at radius 2 is 2.08 bits per heavy atom. The van der Waals surface area contributed by atoms with Crippen LogP contribution in [0.5, 0.6) is 5.75 Å². The van der Waals surface area contributed by atoms with Crippen LogP contribution in [0.4, 0.5) is 4.39 Å². The summed E-state index contributed by atoms with van der Waals surface area (Å²) in [7, 11) is 3.20. The van der Waals surface area contributed by atoms with E-state index in [0.717, 1.165) is 0 Å². The number of nitrogens with one attached hydrogen (secondary N) is 1. The van der Waals surface area contributed by atoms with Crippen LogP contribution in [-0.4, -0.2) is 46.7 Å². The Hall–Kier alpha value is -2.13. The van der Waals surface area contributed by atoms with Crippen LogP contribution in [0.25, 0.3) is 0 Å². The van der Waals surface area contributed by atoms with Gasteiger partial charge in [0.15, 0.2) is 22.5 Å². The molecule has 0 saturated heterocycles. The van der Waals surface area contributed by atoms with Crippen molar-refractivity contribution in [1.82, 2.24) is 20.1 Å². The minimum atomic E-state index is -0.439. The normalized spacial score (nSPS) is 13.3. The third-order valence-corrected chi connectivity index (χ3v) is 4.73. The molecule has 1 amide bonds. The van der Waals surface area contributed by atoms with Gasteiger partial charge in [-0.15, -0.1) is 10.2 Å². The van der Waals surface area contributed by atoms with E-state index < -0.39 is 5.82 Å². The minimum absolute atomic E-state index is 0.0525. The van der Waals surface area contributed by atoms with E-state index in [-0.39, 0.29) is 29.6 Å². The summed E-state index contributed by atoms with van der Waals surface area (Å²) in [6, 6.07) is 6.11. The van der Waals surface area contributed by atoms with Crippen LogP contribution in [0, 0.1) is 5.82 Å². The first-order valence-corrected chi connectivity index (χ1v) is 9.04. The summed E-state index contributed by atoms with van der Waals surface area (Å²) in [4.78, 5) is 11.8. The van der Waals surface area contributed by atoms with Crippen molar-refractivity contribution in [1.29, 1.82) is 0 Å². The van der Waals surface area contributed by atoms with Crippen LogP contribution in [0.3, 0.4) is 0 Å². The zero-order valence-corrected chi connectivity index (χ0v) is 16.0. The second-order valence-corrected chi connectivity index (χ2v) is 6.97. The number of amides is 1. The Labute approximate surface area is 156 Å². The van der Waals surface area contributed by atoms with E-state index in [9.17, 15) is 9.18 Å². The van der Waals surface area contributed by atoms with Gasteiger partial charge in [0.05, 0.1) is 17.9 Å². The lowest BCUT2D eigenvalue weighted by atomic mass is 10.3. The Morgan fingerprint density at radius 1 is 1.35 bits per heavy atom. The van der Waals surface area contributed by atoms with E-state index in [0.29, 0.717) is 17.6 Å². The van der Waals surface area contributed by atoms with Gasteiger partial charge in [-0.1, -0.05) is 23.9 Å². The predicted molar refractivity (Wildman–Crippen MR) is 96.7 cm³/mol. The Balaban J connectivity index is 2.22. The quantitative estimate of drug-likeness (QED) is 0.671. The molecule has 1 heterocycles. The average Bonchev–Trinajstić information content (AvgIpc) is 3.03. The zero-order chi connectivity index (χ0) is 19.1. The van der Waals surface area contributed by atoms with E-state index in [1.807, 2.05) is 11.5 Å². The Kier molecular flexibility index (Phi) is 7.40. The smallest absolute Gasteiger partial charge is 0.233 e. The molecule has 2 atom stereocenters. The van der Waals surface area contributed by atoms with Crippen molar-refractivity contribution < 1.29 is 18.7 Å². The van der Waals surface area contributed by atoms with Crippen LogP contribution >= 0.6 is 11.8 Å². The molecule has 2 rings (SSSR count). The summed E-state index contributed by atoms with van der Waals surface area (Å²) in [5.41, 5.74) is 0. The molecule has 1 aromatic carbocycles. The van der Waals surface area contributed by atoms with Crippen molar-refractivity contribution >= 4 is 17.7 Å². The lowest BCUT2D eigenvalue weighted by Crippen LogP contribution is -2.27. The first-order chi connectivity index (χ1) is 12.5. The topological polar surface area (TPSA) is 78.3 Å². The summed E-state index contributed by atoms with van der Waals surface area (Å²) in [6.07, 6.45) is 0. The molecule has 0 saturated carbocycles. The van der Waals surface area contributed by atoms with Gasteiger partial charge < -0.3 is 14.8 Å². The van der Waals surface area contributed by atoms with Gasteiger partial charge in [-0.2, -0.15) is 0 Å². The highest BCUT2D eigenvalue weighted by Gasteiger charge is 2.22. The maximum Gasteiger partial charge on any atom is 0.233 e. The van der Waals surface area contributed by atoms with Gasteiger partial charge in [0.25, 0.3) is 0 Å². The minimum Gasteiger partial charge on any atom is -0.483 e. The molecular formula is C17H23FN4O3S. The summed E-state index contributed by atoms with van der Waals surface area (Å²) >= 11 is 1.29. The number of rotatable bonds is 9. The van der Waals surface area contributed by atoms with Crippen molar-refractivity contribution in [3.63, 3.8) is 0 Å². The van der Waals surface area contributed by atoms with Gasteiger partial charge in [0.2, 0.25) is 5.91 Å². The van der Waals surface area contributed by atoms with E-state index >= 15 is 0 Å². The molecule has 0 fully saturated rings. The monoisotopic (exact) mass is 382 g/mol. The summed E-state index contributed by atoms with van der Waals surface area (Å²) in [5.74, 6) is 0.137. The number of hydrogen-bond acceptors (Lipinski definition) is 6. The molecule has 0 aliphatic carbocycles. The number of carbonyl (C=O) groups is 1. The second kappa shape index (κ2) is 9.54. The Bertz CT molecular complexity index is 741. The molecule has 0 unspecified atom stereocenters. The van der Waals surface area contributed by atoms with Crippen molar-refractivity contribution in [2.24, 2.45) is 0 Å². The standard InChI is InChI=1S/C17H23FN4O3S/c1-11(9-24-4)22-15(10-25-14-8-6-5-7-13(14)18)20-21-17(22)26-12(2)16(23)19-3/h5-8,11-12H,9-10H2,1-4H3,(H,19,23)/t11-,12-/m1/s1. The third-order valence-electron chi connectivity index (χ3n) is 3.68. The number of para-hydroxylation sites is 1. The van der Waals surface area contributed by atoms with E-state index in [2.05, 4.69) is 15.5 Å². The number of nitrogens with zero attached hydrogens (tertiary/aromatic N) is 3. The maximum absolute atomic E-state index is 13.7. The van der Waals surface area contributed by atoms with Gasteiger partial charge in [-0.25, -0.2) is 4.39 Å². The van der Waals surface area contributed by atoms with E-state index in [4.69, 9.17) is 9.47 Å². The van der Waals surface area contributed by atoms with Crippen molar-refractivity contribution in [2.75, 3.05) is 20.8 Å². The molecule has 2 aromatic rings. The van der Waals surface area contributed by atoms with Crippen LogP contribution in [0.2, 0.25) is 0 Å². The van der Waals surface area contributed by atoms with Crippen LogP contribution in [0.1, 0.15) is 25.7 Å². The molecular weight excluding hydrogens is 359 g/mol. The lowest BCUT2D eigenvalue weighted by molar-refractivity contribution is -0.119. The number of halogens is 1. The number of ether oxygens (including phenoxy) is 2. The average molecular weight is 382 g/mol. The van der Waals surface area contributed by atoms with E-state index in [1.54, 1.807) is 39.3 Å². The predicted octanol–water partition coefficient (Wildman–Crippen LogP) is 2.43. The lowest BCUT2D eigenvalue weighted by Gasteiger charge is -2.18. The van der Waals surface area contributed by atoms with Gasteiger partial charge in [0, 0.05) is 14.2 Å². The summed E-state index contributed by atoms with van der Waals surface area (Å²) in [5, 5.41) is 11.2. The molecule has 0 aliphatic rings. The molecule has 0 bridgehead atoms. The first-order valence-electron chi connectivity index (χ1n) is 8.16. The summed E-state index contributed by atoms with van der Waals surface area (Å²) < 4.78 is 26.4. The first kappa shape index (κ1) is 20.2. The van der Waals surface area contributed by atoms with Crippen molar-refractivity contribution in [3.05, 3.63) is 35.9 Å². The van der Waals surface area contributed by atoms with Crippen LogP contribution in [-0.2, 0) is 16.1 Å². The van der Waals surface area contributed by atoms with E-state index in [1.165, 1.54) is 17.8 Å². The molecule has 0 aliphatic heterocycles. The third kappa shape index (κ3) is 4.95. The van der Waals surface area contributed by atoms with Crippen molar-refractivity contribution in [2.45, 2.75) is 36.9 Å². The highest BCUT2D eigenvalue weighted by Crippen LogP contribution is 2.26. The number of methoxy groups -OCH3 is 1. The zero-order valence-electron chi connectivity index (χ0n) is 15.2. The largest absolute Gasteiger partial charge is 0.483 e. The molecule has 9 heteroatoms. The molecule has 26 heavy (non-hydrogen) atoms. The molecule has 0 spiro atoms. The van der Waals surface area contributed by atoms with Gasteiger partial charge in [-0.3, -0.25) is 9.36 Å². The highest BCUT2D eigenvalue weighted by atomic mass is 32.2. The molecule has 0 radical (unpaired) electrons. The molecule has 142 valence electrons. The maximum atomic E-state index is 13.7.